The molecule has 0 aliphatic rings. The van der Waals surface area contributed by atoms with E-state index in [0.29, 0.717) is 93.2 Å². The number of hydrogen-bond donors (Lipinski definition) is 0. The summed E-state index contributed by atoms with van der Waals surface area (Å²) >= 11 is 0. The maximum Gasteiger partial charge on any atom is 0.370 e. The molecule has 0 aliphatic carbocycles. The van der Waals surface area contributed by atoms with Gasteiger partial charge in [0.15, 0.2) is 5.75 Å². The van der Waals surface area contributed by atoms with E-state index in [4.69, 9.17) is 53.3 Å². The molecule has 0 atom stereocenters. The van der Waals surface area contributed by atoms with Crippen molar-refractivity contribution in [2.24, 2.45) is 28.2 Å². The zero-order chi connectivity index (χ0) is 69.1. The number of furan rings is 4. The SMILES string of the molecule is [3H]c1ccc(OCc2c(C#C)coc2-n2nnn(C)c2=O)c(C)c1.[3H]c1ccc(OCc2c(C)coc2-n2nnn(C)c2=O)c(C)c1.[3H]c1ccc(OCc2c(C=C)coc2-n2nnn(C)c2=O)c(C)c1.[3H]c1ccc(OCc2c(OCC)coc2-n2nnn(C)c2=O)c(C)c1. The van der Waals surface area contributed by atoms with E-state index in [9.17, 15) is 19.2 Å². The summed E-state index contributed by atoms with van der Waals surface area (Å²) in [6.45, 7) is 15.9. The molecular weight excluding hydrogens is 1190 g/mol. The van der Waals surface area contributed by atoms with Crippen LogP contribution in [0, 0.1) is 47.0 Å². The summed E-state index contributed by atoms with van der Waals surface area (Å²) < 4.78 is 89.7. The highest BCUT2D eigenvalue weighted by Gasteiger charge is 2.24. The van der Waals surface area contributed by atoms with Gasteiger partial charge >= 0.3 is 22.8 Å². The molecule has 0 N–H and O–H groups in total. The number of benzene rings is 4. The Kier molecular flexibility index (Phi) is 18.6. The van der Waals surface area contributed by atoms with Gasteiger partial charge in [0.25, 0.3) is 0 Å². The highest BCUT2D eigenvalue weighted by Crippen LogP contribution is 2.31. The molecular formula is C63H64N16O13. The van der Waals surface area contributed by atoms with Crippen molar-refractivity contribution >= 4 is 6.08 Å². The second-order valence-electron chi connectivity index (χ2n) is 19.9. The minimum atomic E-state index is -0.455. The van der Waals surface area contributed by atoms with Gasteiger partial charge in [-0.15, -0.1) is 25.2 Å². The van der Waals surface area contributed by atoms with Crippen LogP contribution in [-0.2, 0) is 54.6 Å². The van der Waals surface area contributed by atoms with Crippen molar-refractivity contribution in [3.05, 3.63) is 232 Å². The average molecular weight is 1260 g/mol. The molecule has 29 nitrogen and oxygen atoms in total. The number of terminal acetylenes is 1. The first-order valence-corrected chi connectivity index (χ1v) is 27.9. The first-order valence-electron chi connectivity index (χ1n) is 29.9. The van der Waals surface area contributed by atoms with E-state index in [2.05, 4.69) is 54.2 Å². The predicted molar refractivity (Wildman–Crippen MR) is 331 cm³/mol. The average Bonchev–Trinajstić information content (AvgIpc) is 1.72. The monoisotopic (exact) mass is 1260 g/mol. The molecule has 4 aromatic carbocycles. The van der Waals surface area contributed by atoms with E-state index in [-0.39, 0.29) is 44.1 Å². The van der Waals surface area contributed by atoms with Gasteiger partial charge in [0, 0.05) is 33.8 Å². The third kappa shape index (κ3) is 14.3. The van der Waals surface area contributed by atoms with Crippen LogP contribution in [0.1, 0.15) is 73.6 Å². The highest BCUT2D eigenvalue weighted by atomic mass is 16.5. The van der Waals surface area contributed by atoms with Gasteiger partial charge in [-0.1, -0.05) is 91.3 Å². The maximum atomic E-state index is 12.1. The minimum Gasteiger partial charge on any atom is -0.490 e. The molecule has 29 heteroatoms. The summed E-state index contributed by atoms with van der Waals surface area (Å²) in [5, 5.41) is 29.8. The van der Waals surface area contributed by atoms with Crippen LogP contribution in [0.3, 0.4) is 0 Å². The fourth-order valence-electron chi connectivity index (χ4n) is 8.45. The van der Waals surface area contributed by atoms with E-state index in [1.807, 2.05) is 41.5 Å². The van der Waals surface area contributed by atoms with Crippen LogP contribution >= 0.6 is 0 Å². The van der Waals surface area contributed by atoms with Crippen LogP contribution in [-0.4, -0.2) is 85.8 Å². The number of nitrogens with zero attached hydrogens (tertiary/aromatic N) is 16. The number of rotatable bonds is 19. The van der Waals surface area contributed by atoms with Crippen molar-refractivity contribution in [2.75, 3.05) is 6.61 Å². The lowest BCUT2D eigenvalue weighted by Crippen LogP contribution is -2.22. The van der Waals surface area contributed by atoms with Crippen molar-refractivity contribution in [1.29, 1.82) is 0 Å². The smallest absolute Gasteiger partial charge is 0.370 e. The molecule has 0 fully saturated rings. The molecule has 8 aromatic heterocycles. The molecule has 0 saturated heterocycles. The zero-order valence-corrected chi connectivity index (χ0v) is 51.6. The lowest BCUT2D eigenvalue weighted by molar-refractivity contribution is 0.285. The lowest BCUT2D eigenvalue weighted by atomic mass is 10.2. The maximum absolute atomic E-state index is 12.1. The molecule has 0 bridgehead atoms. The van der Waals surface area contributed by atoms with Crippen LogP contribution in [0.25, 0.3) is 29.6 Å². The summed E-state index contributed by atoms with van der Waals surface area (Å²) in [4.78, 5) is 48.1. The van der Waals surface area contributed by atoms with Gasteiger partial charge in [-0.3, -0.25) is 0 Å². The predicted octanol–water partition coefficient (Wildman–Crippen LogP) is 7.12. The fraction of sp³-hybridized carbons (Fsp3) is 0.238. The van der Waals surface area contributed by atoms with Gasteiger partial charge < -0.3 is 41.4 Å². The molecule has 474 valence electrons. The van der Waals surface area contributed by atoms with Crippen molar-refractivity contribution in [3.8, 4) is 64.6 Å². The molecule has 0 amide bonds. The Balaban J connectivity index is 0.000000150. The van der Waals surface area contributed by atoms with Crippen molar-refractivity contribution < 1.29 is 46.8 Å². The quantitative estimate of drug-likeness (QED) is 0.0727. The molecule has 12 rings (SSSR count). The molecule has 0 spiro atoms. The van der Waals surface area contributed by atoms with Crippen LogP contribution in [0.2, 0.25) is 0 Å². The van der Waals surface area contributed by atoms with Crippen LogP contribution < -0.4 is 46.4 Å². The number of aryl methyl sites for hydroxylation is 9. The third-order valence-corrected chi connectivity index (χ3v) is 13.6. The van der Waals surface area contributed by atoms with E-state index in [1.165, 1.54) is 47.0 Å². The number of tetrazole rings is 4. The molecule has 92 heavy (non-hydrogen) atoms. The Morgan fingerprint density at radius 2 is 0.783 bits per heavy atom. The summed E-state index contributed by atoms with van der Waals surface area (Å²) in [6, 6.07) is 22.0. The summed E-state index contributed by atoms with van der Waals surface area (Å²) in [5.41, 5.74) is 6.16. The second kappa shape index (κ2) is 29.2. The van der Waals surface area contributed by atoms with E-state index >= 15 is 0 Å². The topological polar surface area (TPSA) is 310 Å². The Hall–Kier alpha value is -12.2. The van der Waals surface area contributed by atoms with Crippen molar-refractivity contribution in [3.63, 3.8) is 0 Å². The fourth-order valence-corrected chi connectivity index (χ4v) is 8.45. The number of para-hydroxylation sites is 4. The number of ether oxygens (including phenoxy) is 5. The van der Waals surface area contributed by atoms with Gasteiger partial charge in [-0.2, -0.15) is 18.7 Å². The number of hydrogen-bond acceptors (Lipinski definition) is 21. The van der Waals surface area contributed by atoms with Crippen molar-refractivity contribution in [2.45, 2.75) is 68.0 Å². The number of aromatic nitrogens is 16. The van der Waals surface area contributed by atoms with Gasteiger partial charge in [0.2, 0.25) is 23.5 Å². The van der Waals surface area contributed by atoms with E-state index < -0.39 is 22.8 Å². The first-order chi connectivity index (χ1) is 46.0. The summed E-state index contributed by atoms with van der Waals surface area (Å²) in [5.74, 6) is 6.49. The van der Waals surface area contributed by atoms with Crippen LogP contribution in [0.4, 0.5) is 0 Å². The summed E-state index contributed by atoms with van der Waals surface area (Å²) in [6.07, 6.45) is 12.9. The van der Waals surface area contributed by atoms with Crippen molar-refractivity contribution in [1.82, 2.24) is 79.2 Å². The van der Waals surface area contributed by atoms with Gasteiger partial charge in [-0.25, -0.2) is 19.2 Å². The molecule has 8 heterocycles. The second-order valence-corrected chi connectivity index (χ2v) is 19.9. The van der Waals surface area contributed by atoms with Gasteiger partial charge in [0.1, 0.15) is 68.2 Å². The van der Waals surface area contributed by atoms with E-state index in [1.54, 1.807) is 85.1 Å². The third-order valence-electron chi connectivity index (χ3n) is 13.6. The summed E-state index contributed by atoms with van der Waals surface area (Å²) in [7, 11) is 6.01. The lowest BCUT2D eigenvalue weighted by Gasteiger charge is -2.10. The molecule has 0 saturated carbocycles. The first kappa shape index (κ1) is 58.8. The molecule has 0 unspecified atom stereocenters. The zero-order valence-electron chi connectivity index (χ0n) is 55.6. The molecule has 0 aliphatic heterocycles. The Morgan fingerprint density at radius 1 is 0.446 bits per heavy atom. The van der Waals surface area contributed by atoms with Gasteiger partial charge in [0.05, 0.1) is 46.2 Å². The minimum absolute atomic E-state index is 0.0898. The Morgan fingerprint density at radius 3 is 1.15 bits per heavy atom. The Bertz CT molecular complexity index is 5050. The highest BCUT2D eigenvalue weighted by molar-refractivity contribution is 5.55. The Labute approximate surface area is 529 Å². The standard InChI is InChI=1S/C16H18N4O4.C16H16N4O3.C16H14N4O3.C15H16N4O3/c1-4-22-14-10-24-15(20-16(21)19(3)17-18-20)12(14)9-23-13-8-6-5-7-11(13)2;2*1-4-12-9-23-15(20-16(21)19(3)17-18-20)13(12)10-22-14-8-6-5-7-11(14)2;1-10-6-4-5-7-13(10)21-9-12-11(2)8-22-14(12)19-15(20)18(3)16-17-19/h5-8,10H,4,9H2,1-3H3;4-9H,1,10H2,2-3H3;1,5-9H,10H2,2-3H3;4-8H,9H2,1-3H3/i3*5T;4T. The van der Waals surface area contributed by atoms with Crippen LogP contribution in [0.5, 0.6) is 28.7 Å². The van der Waals surface area contributed by atoms with Crippen LogP contribution in [0.15, 0.2) is 165 Å². The normalized spacial score (nSPS) is 11.3. The van der Waals surface area contributed by atoms with E-state index in [0.717, 1.165) is 70.8 Å². The molecule has 0 radical (unpaired) electrons. The largest absolute Gasteiger partial charge is 0.490 e. The molecule has 12 aromatic rings. The van der Waals surface area contributed by atoms with Gasteiger partial charge in [-0.05, 0) is 135 Å².